The monoisotopic (exact) mass is 223 g/mol. The van der Waals surface area contributed by atoms with Gasteiger partial charge in [-0.3, -0.25) is 0 Å². The van der Waals surface area contributed by atoms with Crippen LogP contribution < -0.4 is 0 Å². The van der Waals surface area contributed by atoms with Gasteiger partial charge < -0.3 is 4.74 Å². The summed E-state index contributed by atoms with van der Waals surface area (Å²) < 4.78 is 8.59. The zero-order chi connectivity index (χ0) is 11.3. The lowest BCUT2D eigenvalue weighted by atomic mass is 10.2. The van der Waals surface area contributed by atoms with Crippen molar-refractivity contribution in [2.75, 3.05) is 7.11 Å². The number of carbonyl (C=O) groups excluding carboxylic acids is 1. The summed E-state index contributed by atoms with van der Waals surface area (Å²) in [5, 5.41) is 0. The molecular weight excluding hydrogens is 210 g/mol. The number of methoxy groups -OCH3 is 1. The molecule has 0 atom stereocenters. The molecule has 0 spiro atoms. The van der Waals surface area contributed by atoms with Gasteiger partial charge in [-0.1, -0.05) is 17.7 Å². The number of benzene rings is 1. The van der Waals surface area contributed by atoms with Crippen LogP contribution in [-0.2, 0) is 9.53 Å². The van der Waals surface area contributed by atoms with Crippen molar-refractivity contribution in [3.05, 3.63) is 29.8 Å². The Bertz CT molecular complexity index is 371. The van der Waals surface area contributed by atoms with Crippen LogP contribution in [0.1, 0.15) is 12.5 Å². The van der Waals surface area contributed by atoms with Crippen molar-refractivity contribution >= 4 is 23.6 Å². The van der Waals surface area contributed by atoms with Crippen molar-refractivity contribution < 1.29 is 9.53 Å². The van der Waals surface area contributed by atoms with Gasteiger partial charge in [0.2, 0.25) is 0 Å². The van der Waals surface area contributed by atoms with E-state index < -0.39 is 5.97 Å². The molecule has 1 rings (SSSR count). The van der Waals surface area contributed by atoms with E-state index >= 15 is 0 Å². The van der Waals surface area contributed by atoms with E-state index in [1.807, 2.05) is 31.2 Å². The van der Waals surface area contributed by atoms with Crippen LogP contribution in [0, 0.1) is 6.92 Å². The summed E-state index contributed by atoms with van der Waals surface area (Å²) in [5.74, 6) is -0.394. The maximum atomic E-state index is 11.0. The second-order valence-corrected chi connectivity index (χ2v) is 3.91. The van der Waals surface area contributed by atoms with Gasteiger partial charge in [0, 0.05) is 16.8 Å². The standard InChI is InChI=1S/C11H13NO2S/c1-8-4-6-10(7-5-8)15-12-9(2)11(13)14-3/h4-7H,1-3H3/b12-9-. The lowest BCUT2D eigenvalue weighted by Crippen LogP contribution is -2.10. The number of carbonyl (C=O) groups is 1. The van der Waals surface area contributed by atoms with Crippen LogP contribution in [0.4, 0.5) is 0 Å². The van der Waals surface area contributed by atoms with Gasteiger partial charge in [0.25, 0.3) is 0 Å². The molecule has 80 valence electrons. The van der Waals surface area contributed by atoms with E-state index in [4.69, 9.17) is 0 Å². The summed E-state index contributed by atoms with van der Waals surface area (Å²) >= 11 is 1.27. The molecule has 0 fully saturated rings. The number of hydrogen-bond donors (Lipinski definition) is 0. The van der Waals surface area contributed by atoms with Gasteiger partial charge in [-0.2, -0.15) is 0 Å². The molecule has 0 saturated heterocycles. The second-order valence-electron chi connectivity index (χ2n) is 3.07. The number of esters is 1. The lowest BCUT2D eigenvalue weighted by molar-refractivity contribution is -0.132. The smallest absolute Gasteiger partial charge is 0.352 e. The van der Waals surface area contributed by atoms with Crippen molar-refractivity contribution in [2.45, 2.75) is 18.7 Å². The number of ether oxygens (including phenoxy) is 1. The Hall–Kier alpha value is -1.29. The van der Waals surface area contributed by atoms with Gasteiger partial charge in [-0.25, -0.2) is 9.19 Å². The Balaban J connectivity index is 2.63. The third-order valence-corrected chi connectivity index (χ3v) is 2.64. The molecule has 0 unspecified atom stereocenters. The summed E-state index contributed by atoms with van der Waals surface area (Å²) in [6, 6.07) is 7.94. The highest BCUT2D eigenvalue weighted by molar-refractivity contribution is 7.98. The first-order valence-electron chi connectivity index (χ1n) is 4.50. The van der Waals surface area contributed by atoms with E-state index in [9.17, 15) is 4.79 Å². The molecule has 0 heterocycles. The molecule has 1 aromatic rings. The lowest BCUT2D eigenvalue weighted by Gasteiger charge is -1.98. The molecule has 0 N–H and O–H groups in total. The van der Waals surface area contributed by atoms with E-state index in [0.717, 1.165) is 4.90 Å². The minimum atomic E-state index is -0.394. The third kappa shape index (κ3) is 3.75. The fourth-order valence-corrected chi connectivity index (χ4v) is 1.48. The predicted molar refractivity (Wildman–Crippen MR) is 62.2 cm³/mol. The van der Waals surface area contributed by atoms with Crippen LogP contribution in [0.2, 0.25) is 0 Å². The van der Waals surface area contributed by atoms with Crippen molar-refractivity contribution in [3.63, 3.8) is 0 Å². The van der Waals surface area contributed by atoms with E-state index in [-0.39, 0.29) is 0 Å². The molecule has 0 aliphatic heterocycles. The minimum absolute atomic E-state index is 0.364. The van der Waals surface area contributed by atoms with Crippen molar-refractivity contribution in [1.82, 2.24) is 0 Å². The first-order valence-corrected chi connectivity index (χ1v) is 5.27. The van der Waals surface area contributed by atoms with E-state index in [1.54, 1.807) is 6.92 Å². The Morgan fingerprint density at radius 1 is 1.33 bits per heavy atom. The van der Waals surface area contributed by atoms with Crippen LogP contribution in [0.25, 0.3) is 0 Å². The highest BCUT2D eigenvalue weighted by Crippen LogP contribution is 2.19. The van der Waals surface area contributed by atoms with Crippen LogP contribution in [-0.4, -0.2) is 18.8 Å². The van der Waals surface area contributed by atoms with Crippen molar-refractivity contribution in [3.8, 4) is 0 Å². The van der Waals surface area contributed by atoms with Crippen LogP contribution >= 0.6 is 11.9 Å². The zero-order valence-corrected chi connectivity index (χ0v) is 9.80. The average Bonchev–Trinajstić information content (AvgIpc) is 2.26. The molecule has 0 saturated carbocycles. The van der Waals surface area contributed by atoms with Gasteiger partial charge >= 0.3 is 5.97 Å². The Morgan fingerprint density at radius 3 is 2.47 bits per heavy atom. The number of aryl methyl sites for hydroxylation is 1. The maximum Gasteiger partial charge on any atom is 0.352 e. The fraction of sp³-hybridized carbons (Fsp3) is 0.273. The molecule has 0 aliphatic rings. The normalized spacial score (nSPS) is 11.3. The van der Waals surface area contributed by atoms with Gasteiger partial charge in [-0.05, 0) is 26.0 Å². The minimum Gasteiger partial charge on any atom is -0.465 e. The quantitative estimate of drug-likeness (QED) is 0.449. The molecule has 15 heavy (non-hydrogen) atoms. The Labute approximate surface area is 93.7 Å². The summed E-state index contributed by atoms with van der Waals surface area (Å²) in [5.41, 5.74) is 1.57. The summed E-state index contributed by atoms with van der Waals surface area (Å²) in [6.07, 6.45) is 0. The largest absolute Gasteiger partial charge is 0.465 e. The van der Waals surface area contributed by atoms with E-state index in [2.05, 4.69) is 9.13 Å². The predicted octanol–water partition coefficient (Wildman–Crippen LogP) is 2.64. The molecule has 0 aromatic heterocycles. The molecular formula is C11H13NO2S. The number of hydrogen-bond acceptors (Lipinski definition) is 4. The molecule has 0 aliphatic carbocycles. The summed E-state index contributed by atoms with van der Waals surface area (Å²) in [7, 11) is 1.35. The molecule has 0 bridgehead atoms. The topological polar surface area (TPSA) is 38.7 Å². The second kappa shape index (κ2) is 5.56. The number of rotatable bonds is 3. The Kier molecular flexibility index (Phi) is 4.37. The van der Waals surface area contributed by atoms with Gasteiger partial charge in [0.1, 0.15) is 5.71 Å². The molecule has 0 amide bonds. The van der Waals surface area contributed by atoms with Crippen LogP contribution in [0.3, 0.4) is 0 Å². The van der Waals surface area contributed by atoms with Gasteiger partial charge in [-0.15, -0.1) is 0 Å². The first kappa shape index (κ1) is 11.8. The summed E-state index contributed by atoms with van der Waals surface area (Å²) in [6.45, 7) is 3.66. The zero-order valence-electron chi connectivity index (χ0n) is 8.98. The molecule has 0 radical (unpaired) electrons. The molecule has 3 nitrogen and oxygen atoms in total. The number of nitrogens with zero attached hydrogens (tertiary/aromatic N) is 1. The van der Waals surface area contributed by atoms with Crippen molar-refractivity contribution in [2.24, 2.45) is 4.40 Å². The van der Waals surface area contributed by atoms with Crippen LogP contribution in [0.5, 0.6) is 0 Å². The average molecular weight is 223 g/mol. The van der Waals surface area contributed by atoms with Gasteiger partial charge in [0.15, 0.2) is 0 Å². The highest BCUT2D eigenvalue weighted by atomic mass is 32.2. The van der Waals surface area contributed by atoms with Crippen LogP contribution in [0.15, 0.2) is 33.6 Å². The van der Waals surface area contributed by atoms with E-state index in [0.29, 0.717) is 5.71 Å². The summed E-state index contributed by atoms with van der Waals surface area (Å²) in [4.78, 5) is 12.0. The molecule has 4 heteroatoms. The van der Waals surface area contributed by atoms with Gasteiger partial charge in [0.05, 0.1) is 7.11 Å². The van der Waals surface area contributed by atoms with Crippen molar-refractivity contribution in [1.29, 1.82) is 0 Å². The van der Waals surface area contributed by atoms with E-state index in [1.165, 1.54) is 24.6 Å². The fourth-order valence-electron chi connectivity index (χ4n) is 0.905. The maximum absolute atomic E-state index is 11.0. The SMILES string of the molecule is COC(=O)/C(C)=N\Sc1ccc(C)cc1. The molecule has 1 aromatic carbocycles. The highest BCUT2D eigenvalue weighted by Gasteiger charge is 2.04. The first-order chi connectivity index (χ1) is 7.13. The Morgan fingerprint density at radius 2 is 1.93 bits per heavy atom. The third-order valence-electron chi connectivity index (χ3n) is 1.79.